The number of aromatic nitrogens is 2. The molecule has 1 heterocycles. The van der Waals surface area contributed by atoms with Gasteiger partial charge in [0.05, 0.1) is 10.5 Å². The number of nitrogens with zero attached hydrogens (tertiary/aromatic N) is 2. The van der Waals surface area contributed by atoms with Gasteiger partial charge in [0.1, 0.15) is 5.82 Å². The summed E-state index contributed by atoms with van der Waals surface area (Å²) in [4.78, 5) is 8.71. The minimum atomic E-state index is 0.346. The predicted octanol–water partition coefficient (Wildman–Crippen LogP) is 3.41. The van der Waals surface area contributed by atoms with Crippen LogP contribution in [0, 0.1) is 0 Å². The van der Waals surface area contributed by atoms with Crippen molar-refractivity contribution < 1.29 is 0 Å². The van der Waals surface area contributed by atoms with Gasteiger partial charge in [-0.25, -0.2) is 9.97 Å². The molecule has 0 N–H and O–H groups in total. The molecule has 14 heavy (non-hydrogen) atoms. The van der Waals surface area contributed by atoms with Crippen LogP contribution in [0.1, 0.15) is 25.6 Å². The Hall–Kier alpha value is -1.15. The van der Waals surface area contributed by atoms with Crippen molar-refractivity contribution in [3.05, 3.63) is 35.2 Å². The van der Waals surface area contributed by atoms with Crippen molar-refractivity contribution in [3.8, 4) is 0 Å². The van der Waals surface area contributed by atoms with Gasteiger partial charge in [-0.1, -0.05) is 31.5 Å². The van der Waals surface area contributed by atoms with Gasteiger partial charge in [0.2, 0.25) is 0 Å². The molecule has 3 heteroatoms. The van der Waals surface area contributed by atoms with Gasteiger partial charge in [0, 0.05) is 17.5 Å². The van der Waals surface area contributed by atoms with Crippen LogP contribution in [0.25, 0.3) is 10.9 Å². The molecular weight excluding hydrogens is 196 g/mol. The largest absolute Gasteiger partial charge is 0.240 e. The second-order valence-electron chi connectivity index (χ2n) is 3.56. The van der Waals surface area contributed by atoms with Crippen LogP contribution in [-0.4, -0.2) is 9.97 Å². The SMILES string of the molecule is CC(C)c1ncc2c(Cl)cccc2n1. The normalized spacial score (nSPS) is 11.1. The third-order valence-corrected chi connectivity index (χ3v) is 2.44. The Kier molecular flexibility index (Phi) is 2.38. The third-order valence-electron chi connectivity index (χ3n) is 2.11. The molecule has 0 amide bonds. The van der Waals surface area contributed by atoms with Gasteiger partial charge in [-0.05, 0) is 12.1 Å². The molecule has 1 aromatic carbocycles. The van der Waals surface area contributed by atoms with Crippen LogP contribution in [0.4, 0.5) is 0 Å². The van der Waals surface area contributed by atoms with Crippen LogP contribution in [0.2, 0.25) is 5.02 Å². The first kappa shape index (κ1) is 9.41. The van der Waals surface area contributed by atoms with E-state index in [9.17, 15) is 0 Å². The summed E-state index contributed by atoms with van der Waals surface area (Å²) in [5.41, 5.74) is 0.913. The molecule has 0 radical (unpaired) electrons. The third kappa shape index (κ3) is 1.58. The Balaban J connectivity index is 2.67. The molecule has 0 aliphatic heterocycles. The summed E-state index contributed by atoms with van der Waals surface area (Å²) in [6.45, 7) is 4.15. The fourth-order valence-corrected chi connectivity index (χ4v) is 1.53. The quantitative estimate of drug-likeness (QED) is 0.715. The number of hydrogen-bond donors (Lipinski definition) is 0. The number of benzene rings is 1. The van der Waals surface area contributed by atoms with Crippen LogP contribution in [0.3, 0.4) is 0 Å². The van der Waals surface area contributed by atoms with Crippen molar-refractivity contribution in [2.75, 3.05) is 0 Å². The second kappa shape index (κ2) is 3.54. The van der Waals surface area contributed by atoms with E-state index in [0.717, 1.165) is 16.7 Å². The van der Waals surface area contributed by atoms with Crippen LogP contribution in [-0.2, 0) is 0 Å². The van der Waals surface area contributed by atoms with Gasteiger partial charge in [-0.2, -0.15) is 0 Å². The molecule has 2 nitrogen and oxygen atoms in total. The van der Waals surface area contributed by atoms with E-state index in [0.29, 0.717) is 10.9 Å². The lowest BCUT2D eigenvalue weighted by molar-refractivity contribution is 0.783. The summed E-state index contributed by atoms with van der Waals surface area (Å²) in [6, 6.07) is 5.71. The van der Waals surface area contributed by atoms with E-state index in [2.05, 4.69) is 23.8 Å². The zero-order chi connectivity index (χ0) is 10.1. The van der Waals surface area contributed by atoms with Crippen molar-refractivity contribution in [2.45, 2.75) is 19.8 Å². The average molecular weight is 207 g/mol. The van der Waals surface area contributed by atoms with E-state index in [1.807, 2.05) is 18.2 Å². The molecule has 0 unspecified atom stereocenters. The van der Waals surface area contributed by atoms with E-state index < -0.39 is 0 Å². The Morgan fingerprint density at radius 1 is 1.29 bits per heavy atom. The molecular formula is C11H11ClN2. The fourth-order valence-electron chi connectivity index (χ4n) is 1.31. The predicted molar refractivity (Wildman–Crippen MR) is 58.6 cm³/mol. The summed E-state index contributed by atoms with van der Waals surface area (Å²) in [5.74, 6) is 1.21. The lowest BCUT2D eigenvalue weighted by Gasteiger charge is -2.05. The van der Waals surface area contributed by atoms with Gasteiger partial charge in [-0.3, -0.25) is 0 Å². The molecule has 0 atom stereocenters. The molecule has 0 saturated carbocycles. The molecule has 0 fully saturated rings. The maximum Gasteiger partial charge on any atom is 0.131 e. The van der Waals surface area contributed by atoms with E-state index in [1.165, 1.54) is 0 Å². The molecule has 72 valence electrons. The van der Waals surface area contributed by atoms with Crippen LogP contribution in [0.15, 0.2) is 24.4 Å². The van der Waals surface area contributed by atoms with E-state index in [-0.39, 0.29) is 0 Å². The standard InChI is InChI=1S/C11H11ClN2/c1-7(2)11-13-6-8-9(12)4-3-5-10(8)14-11/h3-7H,1-2H3. The first-order chi connectivity index (χ1) is 6.68. The lowest BCUT2D eigenvalue weighted by Crippen LogP contribution is -1.96. The molecule has 0 saturated heterocycles. The van der Waals surface area contributed by atoms with Crippen molar-refractivity contribution in [1.82, 2.24) is 9.97 Å². The Bertz CT molecular complexity index is 466. The molecule has 1 aromatic heterocycles. The highest BCUT2D eigenvalue weighted by Gasteiger charge is 2.05. The van der Waals surface area contributed by atoms with Crippen molar-refractivity contribution >= 4 is 22.5 Å². The highest BCUT2D eigenvalue weighted by Crippen LogP contribution is 2.22. The van der Waals surface area contributed by atoms with Crippen molar-refractivity contribution in [1.29, 1.82) is 0 Å². The molecule has 2 aromatic rings. The molecule has 2 rings (SSSR count). The van der Waals surface area contributed by atoms with Crippen LogP contribution >= 0.6 is 11.6 Å². The summed E-state index contributed by atoms with van der Waals surface area (Å²) in [5, 5.41) is 1.62. The Labute approximate surface area is 88.0 Å². The summed E-state index contributed by atoms with van der Waals surface area (Å²) in [6.07, 6.45) is 1.79. The Morgan fingerprint density at radius 3 is 2.79 bits per heavy atom. The minimum Gasteiger partial charge on any atom is -0.240 e. The number of hydrogen-bond acceptors (Lipinski definition) is 2. The van der Waals surface area contributed by atoms with Gasteiger partial charge in [-0.15, -0.1) is 0 Å². The fraction of sp³-hybridized carbons (Fsp3) is 0.273. The molecule has 0 spiro atoms. The first-order valence-electron chi connectivity index (χ1n) is 4.59. The van der Waals surface area contributed by atoms with E-state index >= 15 is 0 Å². The lowest BCUT2D eigenvalue weighted by atomic mass is 10.2. The van der Waals surface area contributed by atoms with E-state index in [4.69, 9.17) is 11.6 Å². The zero-order valence-electron chi connectivity index (χ0n) is 8.16. The zero-order valence-corrected chi connectivity index (χ0v) is 8.92. The maximum absolute atomic E-state index is 6.01. The summed E-state index contributed by atoms with van der Waals surface area (Å²) < 4.78 is 0. The highest BCUT2D eigenvalue weighted by molar-refractivity contribution is 6.35. The maximum atomic E-state index is 6.01. The molecule has 0 aliphatic carbocycles. The minimum absolute atomic E-state index is 0.346. The molecule has 0 aliphatic rings. The van der Waals surface area contributed by atoms with E-state index in [1.54, 1.807) is 6.20 Å². The second-order valence-corrected chi connectivity index (χ2v) is 3.96. The number of fused-ring (bicyclic) bond motifs is 1. The van der Waals surface area contributed by atoms with Crippen LogP contribution in [0.5, 0.6) is 0 Å². The monoisotopic (exact) mass is 206 g/mol. The van der Waals surface area contributed by atoms with Gasteiger partial charge < -0.3 is 0 Å². The van der Waals surface area contributed by atoms with Gasteiger partial charge in [0.25, 0.3) is 0 Å². The summed E-state index contributed by atoms with van der Waals surface area (Å²) >= 11 is 6.01. The topological polar surface area (TPSA) is 25.8 Å². The number of halogens is 1. The average Bonchev–Trinajstić information content (AvgIpc) is 2.17. The smallest absolute Gasteiger partial charge is 0.131 e. The van der Waals surface area contributed by atoms with Gasteiger partial charge >= 0.3 is 0 Å². The Morgan fingerprint density at radius 2 is 2.07 bits per heavy atom. The van der Waals surface area contributed by atoms with Gasteiger partial charge in [0.15, 0.2) is 0 Å². The van der Waals surface area contributed by atoms with Crippen molar-refractivity contribution in [3.63, 3.8) is 0 Å². The van der Waals surface area contributed by atoms with Crippen LogP contribution < -0.4 is 0 Å². The van der Waals surface area contributed by atoms with Crippen molar-refractivity contribution in [2.24, 2.45) is 0 Å². The summed E-state index contributed by atoms with van der Waals surface area (Å²) in [7, 11) is 0. The number of rotatable bonds is 1. The first-order valence-corrected chi connectivity index (χ1v) is 4.97. The highest BCUT2D eigenvalue weighted by atomic mass is 35.5. The molecule has 0 bridgehead atoms.